The number of aliphatic carboxylic acids is 1. The lowest BCUT2D eigenvalue weighted by atomic mass is 9.98. The Hall–Kier alpha value is -7.34. The van der Waals surface area contributed by atoms with Gasteiger partial charge in [0.15, 0.2) is 11.9 Å². The Morgan fingerprint density at radius 3 is 1.49 bits per heavy atom. The standard InChI is InChI=1S/C49H79N15O9/c1-29(2)25-36(43(68)60-34(20-11-12-22-50)42(67)61-35(47(72)73)21-14-24-57-49(54)55)63-46(71)40(30(3)4)64-45(70)38(27-32-17-9-6-10-18-32)62-44(69)37(26-31-15-7-5-8-16-31)59-39(65)28-58-41(66)33(51)19-13-23-56-48(52)53/h5-10,15-18,29-30,33-38,40H,11-14,19-28,50-51H2,1-4H3,(H,58,66)(H,59,65)(H,60,68)(H,61,67)(H,62,69)(H,63,71)(H,64,70)(H,72,73)(H4,52,53,56)(H4,54,55,57)/t33-,34-,35-,36-,37-,38-,40-/m1/s1. The number of nitrogens with two attached hydrogens (primary N) is 6. The van der Waals surface area contributed by atoms with Gasteiger partial charge in [-0.15, -0.1) is 0 Å². The molecule has 2 aromatic rings. The highest BCUT2D eigenvalue weighted by molar-refractivity contribution is 5.97. The van der Waals surface area contributed by atoms with E-state index in [9.17, 15) is 43.5 Å². The van der Waals surface area contributed by atoms with Crippen LogP contribution >= 0.6 is 0 Å². The third-order valence-electron chi connectivity index (χ3n) is 11.3. The topological polar surface area (TPSA) is 422 Å². The minimum Gasteiger partial charge on any atom is -0.480 e. The number of carboxylic acid groups (broad SMARTS) is 1. The van der Waals surface area contributed by atoms with E-state index in [4.69, 9.17) is 34.4 Å². The Balaban J connectivity index is 2.36. The smallest absolute Gasteiger partial charge is 0.326 e. The predicted molar refractivity (Wildman–Crippen MR) is 278 cm³/mol. The lowest BCUT2D eigenvalue weighted by molar-refractivity contribution is -0.142. The van der Waals surface area contributed by atoms with Gasteiger partial charge in [0.1, 0.15) is 36.3 Å². The summed E-state index contributed by atoms with van der Waals surface area (Å²) in [4.78, 5) is 116. The molecule has 24 nitrogen and oxygen atoms in total. The van der Waals surface area contributed by atoms with Crippen molar-refractivity contribution in [3.63, 3.8) is 0 Å². The second-order valence-corrected chi connectivity index (χ2v) is 18.4. The molecule has 0 aromatic heterocycles. The van der Waals surface area contributed by atoms with Crippen LogP contribution in [0.25, 0.3) is 0 Å². The van der Waals surface area contributed by atoms with Gasteiger partial charge in [0.25, 0.3) is 0 Å². The van der Waals surface area contributed by atoms with Gasteiger partial charge in [-0.1, -0.05) is 88.4 Å². The molecule has 7 amide bonds. The first-order valence-corrected chi connectivity index (χ1v) is 24.6. The maximum Gasteiger partial charge on any atom is 0.326 e. The molecule has 2 rings (SSSR count). The van der Waals surface area contributed by atoms with Gasteiger partial charge in [-0.2, -0.15) is 0 Å². The molecule has 0 saturated heterocycles. The molecule has 7 atom stereocenters. The number of carbonyl (C=O) groups excluding carboxylic acids is 7. The highest BCUT2D eigenvalue weighted by Gasteiger charge is 2.35. The Morgan fingerprint density at radius 2 is 0.986 bits per heavy atom. The zero-order valence-electron chi connectivity index (χ0n) is 42.4. The normalized spacial score (nSPS) is 13.9. The van der Waals surface area contributed by atoms with Crippen molar-refractivity contribution in [2.75, 3.05) is 26.2 Å². The number of aliphatic imine (C=N–C) groups is 2. The van der Waals surface area contributed by atoms with Crippen molar-refractivity contribution in [2.45, 2.75) is 134 Å². The molecule has 0 unspecified atom stereocenters. The fourth-order valence-corrected chi connectivity index (χ4v) is 7.41. The zero-order chi connectivity index (χ0) is 54.5. The quantitative estimate of drug-likeness (QED) is 0.0202. The Morgan fingerprint density at radius 1 is 0.534 bits per heavy atom. The van der Waals surface area contributed by atoms with E-state index in [1.54, 1.807) is 74.5 Å². The monoisotopic (exact) mass is 1020 g/mol. The maximum atomic E-state index is 14.4. The molecule has 73 heavy (non-hydrogen) atoms. The summed E-state index contributed by atoms with van der Waals surface area (Å²) in [6.45, 7) is 7.22. The summed E-state index contributed by atoms with van der Waals surface area (Å²) >= 11 is 0. The van der Waals surface area contributed by atoms with Gasteiger partial charge in [-0.05, 0) is 80.9 Å². The molecule has 0 spiro atoms. The SMILES string of the molecule is CC(C)C[C@@H](NC(=O)[C@H](NC(=O)[C@@H](Cc1ccccc1)NC(=O)[C@@H](Cc1ccccc1)NC(=O)CNC(=O)[C@H](N)CCCN=C(N)N)C(C)C)C(=O)N[C@H](CCCCN)C(=O)N[C@H](CCCN=C(N)N)C(=O)O. The maximum absolute atomic E-state index is 14.4. The fraction of sp³-hybridized carbons (Fsp3) is 0.551. The Kier molecular flexibility index (Phi) is 28.2. The van der Waals surface area contributed by atoms with Crippen molar-refractivity contribution in [2.24, 2.45) is 56.2 Å². The second-order valence-electron chi connectivity index (χ2n) is 18.4. The Labute approximate surface area is 427 Å². The van der Waals surface area contributed by atoms with Gasteiger partial charge in [-0.3, -0.25) is 43.5 Å². The van der Waals surface area contributed by atoms with Gasteiger partial charge in [0.2, 0.25) is 41.4 Å². The largest absolute Gasteiger partial charge is 0.480 e. The molecular formula is C49H79N15O9. The van der Waals surface area contributed by atoms with Crippen LogP contribution in [0.4, 0.5) is 0 Å². The molecule has 0 radical (unpaired) electrons. The van der Waals surface area contributed by atoms with E-state index >= 15 is 0 Å². The summed E-state index contributed by atoms with van der Waals surface area (Å²) in [5.41, 5.74) is 34.5. The lowest BCUT2D eigenvalue weighted by Gasteiger charge is -2.29. The van der Waals surface area contributed by atoms with E-state index in [0.29, 0.717) is 36.9 Å². The molecule has 0 bridgehead atoms. The van der Waals surface area contributed by atoms with E-state index < -0.39 is 102 Å². The van der Waals surface area contributed by atoms with Crippen molar-refractivity contribution in [3.05, 3.63) is 71.8 Å². The van der Waals surface area contributed by atoms with E-state index in [1.165, 1.54) is 0 Å². The van der Waals surface area contributed by atoms with E-state index in [1.807, 2.05) is 13.8 Å². The molecule has 0 aliphatic rings. The van der Waals surface area contributed by atoms with Crippen LogP contribution in [-0.2, 0) is 51.2 Å². The number of carboxylic acids is 1. The summed E-state index contributed by atoms with van der Waals surface area (Å²) in [6.07, 6.45) is 2.02. The van der Waals surface area contributed by atoms with Crippen LogP contribution in [0.5, 0.6) is 0 Å². The average molecular weight is 1020 g/mol. The molecule has 404 valence electrons. The summed E-state index contributed by atoms with van der Waals surface area (Å²) in [7, 11) is 0. The van der Waals surface area contributed by atoms with E-state index in [-0.39, 0.29) is 75.9 Å². The highest BCUT2D eigenvalue weighted by Crippen LogP contribution is 2.13. The summed E-state index contributed by atoms with van der Waals surface area (Å²) in [5, 5.41) is 28.5. The number of nitrogens with one attached hydrogen (secondary N) is 7. The lowest BCUT2D eigenvalue weighted by Crippen LogP contribution is -2.61. The van der Waals surface area contributed by atoms with E-state index in [0.717, 1.165) is 0 Å². The number of carbonyl (C=O) groups is 8. The van der Waals surface area contributed by atoms with Crippen LogP contribution < -0.4 is 71.6 Å². The van der Waals surface area contributed by atoms with Crippen LogP contribution in [-0.4, -0.2) is 133 Å². The summed E-state index contributed by atoms with van der Waals surface area (Å²) in [6, 6.07) is 9.19. The Bertz CT molecular complexity index is 2140. The fourth-order valence-electron chi connectivity index (χ4n) is 7.41. The van der Waals surface area contributed by atoms with Crippen molar-refractivity contribution >= 4 is 59.2 Å². The summed E-state index contributed by atoms with van der Waals surface area (Å²) in [5.74, 6) is -7.24. The number of amides is 7. The number of benzene rings is 2. The number of hydrogen-bond acceptors (Lipinski definition) is 12. The third kappa shape index (κ3) is 25.1. The molecule has 2 aromatic carbocycles. The van der Waals surface area contributed by atoms with Gasteiger partial charge >= 0.3 is 5.97 Å². The predicted octanol–water partition coefficient (Wildman–Crippen LogP) is -2.15. The van der Waals surface area contributed by atoms with Crippen LogP contribution in [0.2, 0.25) is 0 Å². The zero-order valence-corrected chi connectivity index (χ0v) is 42.4. The van der Waals surface area contributed by atoms with Crippen LogP contribution in [0.1, 0.15) is 90.2 Å². The summed E-state index contributed by atoms with van der Waals surface area (Å²) < 4.78 is 0. The average Bonchev–Trinajstić information content (AvgIpc) is 3.33. The van der Waals surface area contributed by atoms with Gasteiger partial charge in [0, 0.05) is 25.9 Å². The van der Waals surface area contributed by atoms with Crippen molar-refractivity contribution in [1.82, 2.24) is 37.2 Å². The first-order valence-electron chi connectivity index (χ1n) is 24.6. The molecule has 24 heteroatoms. The molecular weight excluding hydrogens is 943 g/mol. The van der Waals surface area contributed by atoms with Crippen molar-refractivity contribution < 1.29 is 43.5 Å². The van der Waals surface area contributed by atoms with Gasteiger partial charge in [-0.25, -0.2) is 4.79 Å². The van der Waals surface area contributed by atoms with Crippen molar-refractivity contribution in [3.8, 4) is 0 Å². The number of rotatable bonds is 34. The minimum atomic E-state index is -1.31. The third-order valence-corrected chi connectivity index (χ3v) is 11.3. The molecule has 0 aliphatic heterocycles. The number of guanidine groups is 2. The minimum absolute atomic E-state index is 0.00106. The molecule has 20 N–H and O–H groups in total. The molecule has 0 heterocycles. The van der Waals surface area contributed by atoms with Crippen LogP contribution in [0.3, 0.4) is 0 Å². The molecule has 0 saturated carbocycles. The first kappa shape index (κ1) is 61.8. The second kappa shape index (κ2) is 33.3. The van der Waals surface area contributed by atoms with E-state index in [2.05, 4.69) is 47.2 Å². The van der Waals surface area contributed by atoms with Gasteiger partial charge in [0.05, 0.1) is 12.6 Å². The molecule has 0 fully saturated rings. The number of hydrogen-bond donors (Lipinski definition) is 14. The van der Waals surface area contributed by atoms with Crippen LogP contribution in [0, 0.1) is 11.8 Å². The number of nitrogens with zero attached hydrogens (tertiary/aromatic N) is 2. The highest BCUT2D eigenvalue weighted by atomic mass is 16.4. The number of unbranched alkanes of at least 4 members (excludes halogenated alkanes) is 1. The van der Waals surface area contributed by atoms with Gasteiger partial charge < -0.3 is 76.7 Å². The first-order chi connectivity index (χ1) is 34.6. The van der Waals surface area contributed by atoms with Crippen molar-refractivity contribution in [1.29, 1.82) is 0 Å². The molecule has 0 aliphatic carbocycles. The van der Waals surface area contributed by atoms with Crippen LogP contribution in [0.15, 0.2) is 70.6 Å².